The summed E-state index contributed by atoms with van der Waals surface area (Å²) < 4.78 is 0. The zero-order valence-electron chi connectivity index (χ0n) is 13.2. The number of carbonyl (C=O) groups is 2. The van der Waals surface area contributed by atoms with Gasteiger partial charge < -0.3 is 15.3 Å². The lowest BCUT2D eigenvalue weighted by atomic mass is 9.91. The van der Waals surface area contributed by atoms with Crippen LogP contribution in [0.2, 0.25) is 0 Å². The van der Waals surface area contributed by atoms with Gasteiger partial charge in [0.25, 0.3) is 0 Å². The van der Waals surface area contributed by atoms with E-state index in [0.29, 0.717) is 25.3 Å². The van der Waals surface area contributed by atoms with E-state index in [2.05, 4.69) is 12.2 Å². The second-order valence-electron chi connectivity index (χ2n) is 5.95. The number of anilines is 1. The maximum absolute atomic E-state index is 12.4. The predicted molar refractivity (Wildman–Crippen MR) is 85.8 cm³/mol. The third-order valence-electron chi connectivity index (χ3n) is 4.16. The van der Waals surface area contributed by atoms with Crippen LogP contribution < -0.4 is 10.2 Å². The fourth-order valence-electron chi connectivity index (χ4n) is 2.84. The molecule has 1 aliphatic rings. The topological polar surface area (TPSA) is 69.6 Å². The monoisotopic (exact) mass is 304 g/mol. The Kier molecular flexibility index (Phi) is 5.55. The Morgan fingerprint density at radius 3 is 2.86 bits per heavy atom. The minimum Gasteiger partial charge on any atom is -0.396 e. The lowest BCUT2D eigenvalue weighted by Crippen LogP contribution is -2.47. The number of nitrogens with zero attached hydrogens (tertiary/aromatic N) is 1. The minimum atomic E-state index is -0.574. The molecule has 0 aromatic heterocycles. The Balaban J connectivity index is 2.07. The molecule has 2 rings (SSSR count). The van der Waals surface area contributed by atoms with E-state index < -0.39 is 11.8 Å². The van der Waals surface area contributed by atoms with Crippen molar-refractivity contribution in [2.24, 2.45) is 0 Å². The number of nitrogens with one attached hydrogen (secondary N) is 1. The van der Waals surface area contributed by atoms with Crippen molar-refractivity contribution in [1.29, 1.82) is 0 Å². The van der Waals surface area contributed by atoms with Crippen molar-refractivity contribution in [1.82, 2.24) is 5.32 Å². The average molecular weight is 304 g/mol. The first kappa shape index (κ1) is 16.5. The number of benzene rings is 1. The van der Waals surface area contributed by atoms with E-state index in [0.717, 1.165) is 17.7 Å². The van der Waals surface area contributed by atoms with Crippen LogP contribution in [0.5, 0.6) is 0 Å². The summed E-state index contributed by atoms with van der Waals surface area (Å²) in [6, 6.07) is 7.63. The highest BCUT2D eigenvalue weighted by molar-refractivity contribution is 6.40. The molecule has 0 saturated heterocycles. The normalized spacial score (nSPS) is 18.5. The van der Waals surface area contributed by atoms with Crippen molar-refractivity contribution in [2.45, 2.75) is 45.1 Å². The number of para-hydroxylation sites is 1. The van der Waals surface area contributed by atoms with Crippen LogP contribution in [0.4, 0.5) is 5.69 Å². The molecular weight excluding hydrogens is 280 g/mol. The van der Waals surface area contributed by atoms with Gasteiger partial charge >= 0.3 is 11.8 Å². The molecule has 2 unspecified atom stereocenters. The number of amides is 2. The molecule has 1 aromatic carbocycles. The maximum atomic E-state index is 12.4. The zero-order chi connectivity index (χ0) is 16.1. The number of aliphatic hydroxyl groups excluding tert-OH is 1. The summed E-state index contributed by atoms with van der Waals surface area (Å²) >= 11 is 0. The molecule has 0 fully saturated rings. The Morgan fingerprint density at radius 2 is 2.14 bits per heavy atom. The molecule has 0 spiro atoms. The Bertz CT molecular complexity index is 544. The van der Waals surface area contributed by atoms with Gasteiger partial charge in [-0.1, -0.05) is 25.1 Å². The Hall–Kier alpha value is -1.88. The van der Waals surface area contributed by atoms with Gasteiger partial charge in [-0.3, -0.25) is 9.59 Å². The number of aliphatic hydroxyl groups is 1. The molecule has 0 radical (unpaired) electrons. The van der Waals surface area contributed by atoms with E-state index in [1.807, 2.05) is 31.2 Å². The summed E-state index contributed by atoms with van der Waals surface area (Å²) in [4.78, 5) is 26.2. The van der Waals surface area contributed by atoms with Crippen molar-refractivity contribution in [3.8, 4) is 0 Å². The highest BCUT2D eigenvalue weighted by Gasteiger charge is 2.30. The molecule has 2 amide bonds. The first-order chi connectivity index (χ1) is 10.5. The predicted octanol–water partition coefficient (Wildman–Crippen LogP) is 1.80. The van der Waals surface area contributed by atoms with E-state index in [4.69, 9.17) is 5.11 Å². The lowest BCUT2D eigenvalue weighted by molar-refractivity contribution is -0.138. The van der Waals surface area contributed by atoms with Crippen LogP contribution >= 0.6 is 0 Å². The molecule has 0 aliphatic carbocycles. The van der Waals surface area contributed by atoms with Crippen LogP contribution in [0.3, 0.4) is 0 Å². The first-order valence-corrected chi connectivity index (χ1v) is 7.86. The minimum absolute atomic E-state index is 0.0888. The van der Waals surface area contributed by atoms with Gasteiger partial charge in [0, 0.05) is 24.9 Å². The maximum Gasteiger partial charge on any atom is 0.316 e. The molecule has 1 heterocycles. The van der Waals surface area contributed by atoms with Gasteiger partial charge in [0.05, 0.1) is 0 Å². The van der Waals surface area contributed by atoms with Crippen LogP contribution in [0.25, 0.3) is 0 Å². The van der Waals surface area contributed by atoms with Gasteiger partial charge in [0.15, 0.2) is 0 Å². The molecule has 2 N–H and O–H groups in total. The number of carbonyl (C=O) groups excluding carboxylic acids is 2. The van der Waals surface area contributed by atoms with Gasteiger partial charge in [-0.15, -0.1) is 0 Å². The van der Waals surface area contributed by atoms with Gasteiger partial charge in [0.2, 0.25) is 0 Å². The second-order valence-corrected chi connectivity index (χ2v) is 5.95. The standard InChI is InChI=1S/C17H24N2O3/c1-12-9-10-19(15-8-4-3-7-14(12)15)17(22)16(21)18-13(2)6-5-11-20/h3-4,7-8,12-13,20H,5-6,9-11H2,1-2H3,(H,18,21). The van der Waals surface area contributed by atoms with E-state index in [-0.39, 0.29) is 12.6 Å². The summed E-state index contributed by atoms with van der Waals surface area (Å²) in [6.45, 7) is 4.63. The van der Waals surface area contributed by atoms with Crippen LogP contribution in [0.1, 0.15) is 44.6 Å². The average Bonchev–Trinajstić information content (AvgIpc) is 2.53. The summed E-state index contributed by atoms with van der Waals surface area (Å²) in [5.41, 5.74) is 1.95. The van der Waals surface area contributed by atoms with Crippen LogP contribution in [0.15, 0.2) is 24.3 Å². The molecule has 2 atom stereocenters. The van der Waals surface area contributed by atoms with Crippen molar-refractivity contribution in [3.05, 3.63) is 29.8 Å². The number of hydrogen-bond donors (Lipinski definition) is 2. The largest absolute Gasteiger partial charge is 0.396 e. The van der Waals surface area contributed by atoms with Crippen molar-refractivity contribution in [3.63, 3.8) is 0 Å². The molecule has 0 bridgehead atoms. The number of fused-ring (bicyclic) bond motifs is 1. The fourth-order valence-corrected chi connectivity index (χ4v) is 2.84. The quantitative estimate of drug-likeness (QED) is 0.833. The van der Waals surface area contributed by atoms with E-state index in [1.165, 1.54) is 0 Å². The van der Waals surface area contributed by atoms with Gasteiger partial charge in [-0.25, -0.2) is 0 Å². The number of hydrogen-bond acceptors (Lipinski definition) is 3. The third kappa shape index (κ3) is 3.65. The molecule has 1 aromatic rings. The number of rotatable bonds is 4. The van der Waals surface area contributed by atoms with E-state index in [9.17, 15) is 9.59 Å². The lowest BCUT2D eigenvalue weighted by Gasteiger charge is -2.32. The molecule has 0 saturated carbocycles. The van der Waals surface area contributed by atoms with Gasteiger partial charge in [-0.2, -0.15) is 0 Å². The molecule has 5 nitrogen and oxygen atoms in total. The fraction of sp³-hybridized carbons (Fsp3) is 0.529. The Morgan fingerprint density at radius 1 is 1.41 bits per heavy atom. The van der Waals surface area contributed by atoms with Crippen LogP contribution in [-0.4, -0.2) is 36.1 Å². The highest BCUT2D eigenvalue weighted by atomic mass is 16.3. The van der Waals surface area contributed by atoms with E-state index >= 15 is 0 Å². The van der Waals surface area contributed by atoms with Crippen molar-refractivity contribution >= 4 is 17.5 Å². The SMILES string of the molecule is CC(CCCO)NC(=O)C(=O)N1CCC(C)c2ccccc21. The zero-order valence-corrected chi connectivity index (χ0v) is 13.2. The van der Waals surface area contributed by atoms with Gasteiger partial charge in [-0.05, 0) is 43.7 Å². The molecule has 1 aliphatic heterocycles. The molecule has 120 valence electrons. The smallest absolute Gasteiger partial charge is 0.316 e. The van der Waals surface area contributed by atoms with Crippen molar-refractivity contribution in [2.75, 3.05) is 18.1 Å². The Labute approximate surface area is 131 Å². The van der Waals surface area contributed by atoms with Gasteiger partial charge in [0.1, 0.15) is 0 Å². The highest BCUT2D eigenvalue weighted by Crippen LogP contribution is 2.34. The van der Waals surface area contributed by atoms with Crippen LogP contribution in [0, 0.1) is 0 Å². The first-order valence-electron chi connectivity index (χ1n) is 7.86. The molecule has 22 heavy (non-hydrogen) atoms. The van der Waals surface area contributed by atoms with Crippen LogP contribution in [-0.2, 0) is 9.59 Å². The second kappa shape index (κ2) is 7.40. The summed E-state index contributed by atoms with van der Waals surface area (Å²) in [5, 5.41) is 11.5. The summed E-state index contributed by atoms with van der Waals surface area (Å²) in [6.07, 6.45) is 2.12. The van der Waals surface area contributed by atoms with E-state index in [1.54, 1.807) is 4.90 Å². The molecule has 5 heteroatoms. The van der Waals surface area contributed by atoms with Crippen molar-refractivity contribution < 1.29 is 14.7 Å². The molecular formula is C17H24N2O3. The third-order valence-corrected chi connectivity index (χ3v) is 4.16. The summed E-state index contributed by atoms with van der Waals surface area (Å²) in [5.74, 6) is -0.684. The summed E-state index contributed by atoms with van der Waals surface area (Å²) in [7, 11) is 0.